The van der Waals surface area contributed by atoms with Gasteiger partial charge in [0, 0.05) is 24.3 Å². The highest BCUT2D eigenvalue weighted by Crippen LogP contribution is 2.17. The van der Waals surface area contributed by atoms with E-state index < -0.39 is 5.97 Å². The van der Waals surface area contributed by atoms with Crippen molar-refractivity contribution >= 4 is 17.6 Å². The van der Waals surface area contributed by atoms with E-state index in [-0.39, 0.29) is 12.5 Å². The zero-order chi connectivity index (χ0) is 17.8. The van der Waals surface area contributed by atoms with Crippen LogP contribution in [0.2, 0.25) is 0 Å². The Kier molecular flexibility index (Phi) is 5.03. The van der Waals surface area contributed by atoms with Gasteiger partial charge in [-0.05, 0) is 49.6 Å². The summed E-state index contributed by atoms with van der Waals surface area (Å²) in [5, 5.41) is 0. The molecule has 2 aromatic rings. The zero-order valence-corrected chi connectivity index (χ0v) is 14.3. The minimum Gasteiger partial charge on any atom is -0.457 e. The Bertz CT molecular complexity index is 778. The number of anilines is 1. The molecule has 1 saturated heterocycles. The first kappa shape index (κ1) is 17.0. The van der Waals surface area contributed by atoms with Crippen LogP contribution in [0.5, 0.6) is 0 Å². The molecule has 0 atom stereocenters. The van der Waals surface area contributed by atoms with Crippen molar-refractivity contribution in [3.8, 4) is 0 Å². The summed E-state index contributed by atoms with van der Waals surface area (Å²) in [7, 11) is 0. The molecule has 1 amide bonds. The Morgan fingerprint density at radius 1 is 1.08 bits per heavy atom. The normalized spacial score (nSPS) is 13.7. The second kappa shape index (κ2) is 7.38. The molecule has 0 unspecified atom stereocenters. The lowest BCUT2D eigenvalue weighted by atomic mass is 10.1. The van der Waals surface area contributed by atoms with Crippen LogP contribution in [0.4, 0.5) is 5.69 Å². The Balaban J connectivity index is 1.61. The number of esters is 1. The number of carbonyl (C=O) groups excluding carboxylic acids is 2. The lowest BCUT2D eigenvalue weighted by Crippen LogP contribution is -2.27. The summed E-state index contributed by atoms with van der Waals surface area (Å²) >= 11 is 0. The van der Waals surface area contributed by atoms with Crippen LogP contribution < -0.4 is 5.73 Å². The second-order valence-electron chi connectivity index (χ2n) is 6.36. The highest BCUT2D eigenvalue weighted by atomic mass is 16.5. The van der Waals surface area contributed by atoms with Crippen LogP contribution in [0.3, 0.4) is 0 Å². The fourth-order valence-electron chi connectivity index (χ4n) is 2.92. The van der Waals surface area contributed by atoms with Gasteiger partial charge in [0.2, 0.25) is 0 Å². The smallest absolute Gasteiger partial charge is 0.340 e. The number of benzene rings is 2. The molecule has 0 spiro atoms. The van der Waals surface area contributed by atoms with Crippen LogP contribution >= 0.6 is 0 Å². The molecule has 1 heterocycles. The van der Waals surface area contributed by atoms with Gasteiger partial charge in [-0.15, -0.1) is 0 Å². The summed E-state index contributed by atoms with van der Waals surface area (Å²) < 4.78 is 5.34. The highest BCUT2D eigenvalue weighted by Gasteiger charge is 2.19. The maximum Gasteiger partial charge on any atom is 0.340 e. The quantitative estimate of drug-likeness (QED) is 0.686. The van der Waals surface area contributed by atoms with Gasteiger partial charge in [-0.3, -0.25) is 4.79 Å². The number of hydrogen-bond acceptors (Lipinski definition) is 4. The van der Waals surface area contributed by atoms with E-state index in [1.54, 1.807) is 24.3 Å². The van der Waals surface area contributed by atoms with Crippen LogP contribution in [-0.4, -0.2) is 29.9 Å². The molecule has 130 valence electrons. The fourth-order valence-corrected chi connectivity index (χ4v) is 2.92. The molecule has 3 rings (SSSR count). The molecule has 5 nitrogen and oxygen atoms in total. The van der Waals surface area contributed by atoms with Crippen molar-refractivity contribution in [1.29, 1.82) is 0 Å². The molecule has 1 aliphatic heterocycles. The molecule has 2 aromatic carbocycles. The Morgan fingerprint density at radius 2 is 1.76 bits per heavy atom. The van der Waals surface area contributed by atoms with Gasteiger partial charge in [-0.25, -0.2) is 4.79 Å². The Hall–Kier alpha value is -2.82. The van der Waals surface area contributed by atoms with Gasteiger partial charge in [0.25, 0.3) is 5.91 Å². The van der Waals surface area contributed by atoms with E-state index in [4.69, 9.17) is 10.5 Å². The largest absolute Gasteiger partial charge is 0.457 e. The second-order valence-corrected chi connectivity index (χ2v) is 6.36. The van der Waals surface area contributed by atoms with E-state index in [1.807, 2.05) is 30.0 Å². The number of ether oxygens (including phenoxy) is 1. The molecule has 0 aromatic heterocycles. The van der Waals surface area contributed by atoms with Crippen molar-refractivity contribution in [1.82, 2.24) is 4.90 Å². The fraction of sp³-hybridized carbons (Fsp3) is 0.300. The number of nitrogens with two attached hydrogens (primary N) is 1. The van der Waals surface area contributed by atoms with Crippen LogP contribution in [0, 0.1) is 6.92 Å². The first-order chi connectivity index (χ1) is 12.0. The predicted molar refractivity (Wildman–Crippen MR) is 96.3 cm³/mol. The lowest BCUT2D eigenvalue weighted by molar-refractivity contribution is 0.0473. The van der Waals surface area contributed by atoms with Gasteiger partial charge in [0.15, 0.2) is 0 Å². The summed E-state index contributed by atoms with van der Waals surface area (Å²) in [5.41, 5.74) is 9.06. The lowest BCUT2D eigenvalue weighted by Gasteiger charge is -2.15. The first-order valence-electron chi connectivity index (χ1n) is 8.46. The van der Waals surface area contributed by atoms with E-state index in [1.165, 1.54) is 0 Å². The number of nitrogen functional groups attached to an aromatic ring is 1. The molecule has 25 heavy (non-hydrogen) atoms. The minimum absolute atomic E-state index is 0.0635. The average Bonchev–Trinajstić information content (AvgIpc) is 3.16. The summed E-state index contributed by atoms with van der Waals surface area (Å²) in [6, 6.07) is 12.5. The van der Waals surface area contributed by atoms with Crippen molar-refractivity contribution in [3.05, 3.63) is 64.7 Å². The molecule has 0 aliphatic carbocycles. The van der Waals surface area contributed by atoms with E-state index in [2.05, 4.69) is 0 Å². The number of carbonyl (C=O) groups is 2. The maximum atomic E-state index is 12.3. The van der Waals surface area contributed by atoms with Crippen molar-refractivity contribution < 1.29 is 14.3 Å². The van der Waals surface area contributed by atoms with E-state index in [0.717, 1.165) is 37.1 Å². The molecule has 0 saturated carbocycles. The van der Waals surface area contributed by atoms with Gasteiger partial charge in [0.05, 0.1) is 5.56 Å². The first-order valence-corrected chi connectivity index (χ1v) is 8.46. The monoisotopic (exact) mass is 338 g/mol. The maximum absolute atomic E-state index is 12.3. The van der Waals surface area contributed by atoms with E-state index in [9.17, 15) is 9.59 Å². The SMILES string of the molecule is Cc1ccc(N)c(C(=O)OCc2ccc(C(=O)N3CCCC3)cc2)c1. The van der Waals surface area contributed by atoms with Gasteiger partial charge < -0.3 is 15.4 Å². The summed E-state index contributed by atoms with van der Waals surface area (Å²) in [5.74, 6) is -0.382. The number of nitrogens with zero attached hydrogens (tertiary/aromatic N) is 1. The molecule has 0 bridgehead atoms. The van der Waals surface area contributed by atoms with Gasteiger partial charge in [-0.2, -0.15) is 0 Å². The molecular weight excluding hydrogens is 316 g/mol. The summed E-state index contributed by atoms with van der Waals surface area (Å²) in [6.45, 7) is 3.70. The summed E-state index contributed by atoms with van der Waals surface area (Å²) in [4.78, 5) is 26.4. The predicted octanol–water partition coefficient (Wildman–Crippen LogP) is 3.17. The highest BCUT2D eigenvalue weighted by molar-refractivity contribution is 5.95. The number of rotatable bonds is 4. The van der Waals surface area contributed by atoms with Crippen molar-refractivity contribution in [2.24, 2.45) is 0 Å². The standard InChI is InChI=1S/C20H22N2O3/c1-14-4-9-18(21)17(12-14)20(24)25-13-15-5-7-16(8-6-15)19(23)22-10-2-3-11-22/h4-9,12H,2-3,10-11,13,21H2,1H3. The molecule has 5 heteroatoms. The number of aryl methyl sites for hydroxylation is 1. The molecule has 0 radical (unpaired) electrons. The average molecular weight is 338 g/mol. The third-order valence-corrected chi connectivity index (χ3v) is 4.39. The molecular formula is C20H22N2O3. The van der Waals surface area contributed by atoms with Crippen LogP contribution in [-0.2, 0) is 11.3 Å². The van der Waals surface area contributed by atoms with Crippen LogP contribution in [0.1, 0.15) is 44.7 Å². The van der Waals surface area contributed by atoms with Crippen LogP contribution in [0.15, 0.2) is 42.5 Å². The molecule has 1 aliphatic rings. The molecule has 1 fully saturated rings. The Labute approximate surface area is 147 Å². The van der Waals surface area contributed by atoms with Crippen molar-refractivity contribution in [2.45, 2.75) is 26.4 Å². The van der Waals surface area contributed by atoms with E-state index >= 15 is 0 Å². The van der Waals surface area contributed by atoms with Gasteiger partial charge in [-0.1, -0.05) is 23.8 Å². The van der Waals surface area contributed by atoms with Crippen molar-refractivity contribution in [2.75, 3.05) is 18.8 Å². The summed E-state index contributed by atoms with van der Waals surface area (Å²) in [6.07, 6.45) is 2.14. The van der Waals surface area contributed by atoms with Crippen molar-refractivity contribution in [3.63, 3.8) is 0 Å². The zero-order valence-electron chi connectivity index (χ0n) is 14.3. The number of amides is 1. The minimum atomic E-state index is -0.446. The van der Waals surface area contributed by atoms with E-state index in [0.29, 0.717) is 16.8 Å². The number of likely N-dealkylation sites (tertiary alicyclic amines) is 1. The van der Waals surface area contributed by atoms with Gasteiger partial charge >= 0.3 is 5.97 Å². The Morgan fingerprint density at radius 3 is 2.44 bits per heavy atom. The third kappa shape index (κ3) is 3.99. The van der Waals surface area contributed by atoms with Gasteiger partial charge in [0.1, 0.15) is 6.61 Å². The third-order valence-electron chi connectivity index (χ3n) is 4.39. The number of hydrogen-bond donors (Lipinski definition) is 1. The van der Waals surface area contributed by atoms with Crippen LogP contribution in [0.25, 0.3) is 0 Å². The topological polar surface area (TPSA) is 72.6 Å². The molecule has 2 N–H and O–H groups in total.